The highest BCUT2D eigenvalue weighted by atomic mass is 16.5. The molecule has 0 radical (unpaired) electrons. The first-order valence-electron chi connectivity index (χ1n) is 6.51. The minimum Gasteiger partial charge on any atom is -0.497 e. The Kier molecular flexibility index (Phi) is 6.28. The van der Waals surface area contributed by atoms with Crippen molar-refractivity contribution in [1.29, 1.82) is 0 Å². The minimum atomic E-state index is -0.149. The Labute approximate surface area is 115 Å². The van der Waals surface area contributed by atoms with Crippen LogP contribution in [0.5, 0.6) is 5.75 Å². The molecule has 1 unspecified atom stereocenters. The van der Waals surface area contributed by atoms with Gasteiger partial charge in [-0.25, -0.2) is 0 Å². The summed E-state index contributed by atoms with van der Waals surface area (Å²) >= 11 is 0. The summed E-state index contributed by atoms with van der Waals surface area (Å²) in [5.41, 5.74) is 6.97. The average Bonchev–Trinajstić information content (AvgIpc) is 2.43. The Hall–Kier alpha value is -1.10. The second-order valence-electron chi connectivity index (χ2n) is 5.17. The van der Waals surface area contributed by atoms with Gasteiger partial charge in [-0.15, -0.1) is 0 Å². The normalized spacial score (nSPS) is 13.3. The van der Waals surface area contributed by atoms with E-state index >= 15 is 0 Å². The van der Waals surface area contributed by atoms with Crippen LogP contribution in [0.4, 0.5) is 0 Å². The van der Waals surface area contributed by atoms with Crippen LogP contribution in [0.15, 0.2) is 24.3 Å². The number of hydrogen-bond acceptors (Lipinski definition) is 4. The van der Waals surface area contributed by atoms with Crippen molar-refractivity contribution in [1.82, 2.24) is 0 Å². The Morgan fingerprint density at radius 1 is 1.16 bits per heavy atom. The molecule has 0 saturated heterocycles. The van der Waals surface area contributed by atoms with Crippen LogP contribution < -0.4 is 10.5 Å². The maximum atomic E-state index is 6.07. The Morgan fingerprint density at radius 3 is 2.32 bits per heavy atom. The third-order valence-corrected chi connectivity index (χ3v) is 3.24. The zero-order chi connectivity index (χ0) is 14.3. The molecule has 0 amide bonds. The quantitative estimate of drug-likeness (QED) is 0.735. The fraction of sp³-hybridized carbons (Fsp3) is 0.600. The first kappa shape index (κ1) is 16.0. The largest absolute Gasteiger partial charge is 0.497 e. The van der Waals surface area contributed by atoms with Gasteiger partial charge in [-0.1, -0.05) is 12.1 Å². The smallest absolute Gasteiger partial charge is 0.118 e. The average molecular weight is 267 g/mol. The molecule has 0 aromatic heterocycles. The van der Waals surface area contributed by atoms with Crippen molar-refractivity contribution in [2.75, 3.05) is 27.4 Å². The van der Waals surface area contributed by atoms with Crippen molar-refractivity contribution < 1.29 is 14.2 Å². The number of ether oxygens (including phenoxy) is 3. The molecule has 1 aromatic carbocycles. The summed E-state index contributed by atoms with van der Waals surface area (Å²) in [6.45, 7) is 5.23. The van der Waals surface area contributed by atoms with Crippen LogP contribution in [0.1, 0.15) is 31.9 Å². The van der Waals surface area contributed by atoms with Gasteiger partial charge >= 0.3 is 0 Å². The van der Waals surface area contributed by atoms with Gasteiger partial charge in [-0.05, 0) is 38.0 Å². The molecular weight excluding hydrogens is 242 g/mol. The summed E-state index contributed by atoms with van der Waals surface area (Å²) in [6.07, 6.45) is 0.846. The molecule has 0 fully saturated rings. The van der Waals surface area contributed by atoms with Gasteiger partial charge in [0.1, 0.15) is 5.75 Å². The van der Waals surface area contributed by atoms with Crippen molar-refractivity contribution in [2.24, 2.45) is 5.73 Å². The molecule has 0 spiro atoms. The van der Waals surface area contributed by atoms with E-state index in [1.165, 1.54) is 0 Å². The fourth-order valence-corrected chi connectivity index (χ4v) is 1.58. The number of benzene rings is 1. The van der Waals surface area contributed by atoms with E-state index in [0.29, 0.717) is 13.2 Å². The van der Waals surface area contributed by atoms with Crippen molar-refractivity contribution in [3.8, 4) is 5.75 Å². The maximum absolute atomic E-state index is 6.07. The summed E-state index contributed by atoms with van der Waals surface area (Å²) in [5.74, 6) is 0.832. The molecule has 2 N–H and O–H groups in total. The number of nitrogens with two attached hydrogens (primary N) is 1. The standard InChI is InChI=1S/C15H25NO3/c1-15(2,18-4)9-10-19-11-14(16)12-5-7-13(17-3)8-6-12/h5-8,14H,9-11,16H2,1-4H3. The van der Waals surface area contributed by atoms with Crippen molar-refractivity contribution in [3.63, 3.8) is 0 Å². The molecule has 0 bridgehead atoms. The molecule has 108 valence electrons. The molecule has 0 aliphatic carbocycles. The van der Waals surface area contributed by atoms with Crippen LogP contribution in [0.3, 0.4) is 0 Å². The van der Waals surface area contributed by atoms with Gasteiger partial charge in [-0.3, -0.25) is 0 Å². The minimum absolute atomic E-state index is 0.114. The summed E-state index contributed by atoms with van der Waals surface area (Å²) in [5, 5.41) is 0. The molecule has 0 heterocycles. The van der Waals surface area contributed by atoms with E-state index in [4.69, 9.17) is 19.9 Å². The summed E-state index contributed by atoms with van der Waals surface area (Å²) < 4.78 is 16.0. The lowest BCUT2D eigenvalue weighted by Gasteiger charge is -2.23. The van der Waals surface area contributed by atoms with Crippen LogP contribution in [-0.2, 0) is 9.47 Å². The third kappa shape index (κ3) is 5.59. The Morgan fingerprint density at radius 2 is 1.79 bits per heavy atom. The number of methoxy groups -OCH3 is 2. The molecule has 1 rings (SSSR count). The molecule has 19 heavy (non-hydrogen) atoms. The summed E-state index contributed by atoms with van der Waals surface area (Å²) in [6, 6.07) is 7.63. The molecule has 1 aromatic rings. The second kappa shape index (κ2) is 7.48. The topological polar surface area (TPSA) is 53.7 Å². The highest BCUT2D eigenvalue weighted by molar-refractivity contribution is 5.28. The first-order valence-corrected chi connectivity index (χ1v) is 6.51. The molecule has 4 nitrogen and oxygen atoms in total. The van der Waals surface area contributed by atoms with Crippen LogP contribution >= 0.6 is 0 Å². The lowest BCUT2D eigenvalue weighted by molar-refractivity contribution is -0.0113. The highest BCUT2D eigenvalue weighted by Gasteiger charge is 2.16. The monoisotopic (exact) mass is 267 g/mol. The van der Waals surface area contributed by atoms with Gasteiger partial charge in [0, 0.05) is 13.7 Å². The van der Waals surface area contributed by atoms with Crippen LogP contribution in [-0.4, -0.2) is 33.0 Å². The van der Waals surface area contributed by atoms with Gasteiger partial charge in [0.2, 0.25) is 0 Å². The second-order valence-corrected chi connectivity index (χ2v) is 5.17. The molecule has 4 heteroatoms. The Bertz CT molecular complexity index is 362. The third-order valence-electron chi connectivity index (χ3n) is 3.24. The van der Waals surface area contributed by atoms with Gasteiger partial charge in [0.15, 0.2) is 0 Å². The molecule has 0 aliphatic rings. The van der Waals surface area contributed by atoms with E-state index in [0.717, 1.165) is 17.7 Å². The van der Waals surface area contributed by atoms with Crippen LogP contribution in [0, 0.1) is 0 Å². The van der Waals surface area contributed by atoms with E-state index in [9.17, 15) is 0 Å². The van der Waals surface area contributed by atoms with Crippen molar-refractivity contribution >= 4 is 0 Å². The lowest BCUT2D eigenvalue weighted by atomic mass is 10.1. The maximum Gasteiger partial charge on any atom is 0.118 e. The molecule has 1 atom stereocenters. The van der Waals surface area contributed by atoms with Gasteiger partial charge in [0.05, 0.1) is 25.4 Å². The van der Waals surface area contributed by atoms with E-state index in [-0.39, 0.29) is 11.6 Å². The zero-order valence-electron chi connectivity index (χ0n) is 12.3. The van der Waals surface area contributed by atoms with E-state index in [1.54, 1.807) is 14.2 Å². The first-order chi connectivity index (χ1) is 8.98. The molecule has 0 saturated carbocycles. The van der Waals surface area contributed by atoms with Crippen LogP contribution in [0.2, 0.25) is 0 Å². The SMILES string of the molecule is COc1ccc(C(N)COCCC(C)(C)OC)cc1. The molecular formula is C15H25NO3. The van der Waals surface area contributed by atoms with Gasteiger partial charge in [-0.2, -0.15) is 0 Å². The van der Waals surface area contributed by atoms with Gasteiger partial charge in [0.25, 0.3) is 0 Å². The van der Waals surface area contributed by atoms with E-state index < -0.39 is 0 Å². The molecule has 0 aliphatic heterocycles. The predicted molar refractivity (Wildman–Crippen MR) is 76.4 cm³/mol. The zero-order valence-corrected chi connectivity index (χ0v) is 12.3. The lowest BCUT2D eigenvalue weighted by Crippen LogP contribution is -2.25. The summed E-state index contributed by atoms with van der Waals surface area (Å²) in [4.78, 5) is 0. The fourth-order valence-electron chi connectivity index (χ4n) is 1.58. The van der Waals surface area contributed by atoms with Crippen molar-refractivity contribution in [2.45, 2.75) is 31.9 Å². The Balaban J connectivity index is 2.32. The number of rotatable bonds is 8. The van der Waals surface area contributed by atoms with E-state index in [1.807, 2.05) is 38.1 Å². The highest BCUT2D eigenvalue weighted by Crippen LogP contribution is 2.17. The number of hydrogen-bond donors (Lipinski definition) is 1. The van der Waals surface area contributed by atoms with Crippen molar-refractivity contribution in [3.05, 3.63) is 29.8 Å². The van der Waals surface area contributed by atoms with Gasteiger partial charge < -0.3 is 19.9 Å². The predicted octanol–water partition coefficient (Wildman–Crippen LogP) is 2.53. The van der Waals surface area contributed by atoms with E-state index in [2.05, 4.69) is 0 Å². The summed E-state index contributed by atoms with van der Waals surface area (Å²) in [7, 11) is 3.36. The van der Waals surface area contributed by atoms with Crippen LogP contribution in [0.25, 0.3) is 0 Å².